The minimum atomic E-state index is -0.101. The number of fused-ring (bicyclic) bond motifs is 1. The maximum absolute atomic E-state index is 12.0. The first-order valence-electron chi connectivity index (χ1n) is 8.08. The van der Waals surface area contributed by atoms with Crippen LogP contribution >= 0.6 is 0 Å². The fourth-order valence-corrected chi connectivity index (χ4v) is 3.12. The minimum absolute atomic E-state index is 0.101. The molecule has 2 amide bonds. The van der Waals surface area contributed by atoms with Gasteiger partial charge in [-0.15, -0.1) is 0 Å². The van der Waals surface area contributed by atoms with Gasteiger partial charge in [-0.25, -0.2) is 4.79 Å². The molecule has 0 saturated carbocycles. The summed E-state index contributed by atoms with van der Waals surface area (Å²) in [6.07, 6.45) is 0.742. The van der Waals surface area contributed by atoms with Gasteiger partial charge in [-0.05, 0) is 0 Å². The molecular formula is C17H18N6O2. The molecular weight excluding hydrogens is 320 g/mol. The SMILES string of the molecule is CNC(=O)N1CCc2c(c(-c3nc(-c4ccccc4)no3)nn2C)C1. The van der Waals surface area contributed by atoms with Crippen molar-refractivity contribution in [3.63, 3.8) is 0 Å². The molecule has 3 aromatic rings. The molecule has 0 atom stereocenters. The Hall–Kier alpha value is -3.16. The van der Waals surface area contributed by atoms with Crippen LogP contribution in [0.25, 0.3) is 23.0 Å². The van der Waals surface area contributed by atoms with E-state index in [0.717, 1.165) is 23.2 Å². The number of hydrogen-bond donors (Lipinski definition) is 1. The second-order valence-corrected chi connectivity index (χ2v) is 5.91. The number of benzene rings is 1. The predicted octanol–water partition coefficient (Wildman–Crippen LogP) is 1.83. The lowest BCUT2D eigenvalue weighted by Gasteiger charge is -2.26. The summed E-state index contributed by atoms with van der Waals surface area (Å²) in [6.45, 7) is 1.13. The first-order chi connectivity index (χ1) is 12.2. The molecule has 0 spiro atoms. The summed E-state index contributed by atoms with van der Waals surface area (Å²) in [6, 6.07) is 9.54. The summed E-state index contributed by atoms with van der Waals surface area (Å²) >= 11 is 0. The summed E-state index contributed by atoms with van der Waals surface area (Å²) in [4.78, 5) is 18.2. The van der Waals surface area contributed by atoms with E-state index in [4.69, 9.17) is 4.52 Å². The number of amides is 2. The van der Waals surface area contributed by atoms with E-state index in [9.17, 15) is 4.79 Å². The lowest BCUT2D eigenvalue weighted by molar-refractivity contribution is 0.194. The van der Waals surface area contributed by atoms with Gasteiger partial charge in [0, 0.05) is 43.9 Å². The van der Waals surface area contributed by atoms with Crippen molar-refractivity contribution < 1.29 is 9.32 Å². The molecule has 0 saturated heterocycles. The molecule has 1 aliphatic heterocycles. The van der Waals surface area contributed by atoms with Crippen molar-refractivity contribution in [1.82, 2.24) is 30.1 Å². The molecule has 0 aliphatic carbocycles. The van der Waals surface area contributed by atoms with Gasteiger partial charge in [-0.3, -0.25) is 4.68 Å². The van der Waals surface area contributed by atoms with Gasteiger partial charge in [0.2, 0.25) is 5.82 Å². The lowest BCUT2D eigenvalue weighted by atomic mass is 10.1. The van der Waals surface area contributed by atoms with Crippen molar-refractivity contribution in [2.24, 2.45) is 7.05 Å². The van der Waals surface area contributed by atoms with Gasteiger partial charge in [-0.2, -0.15) is 10.1 Å². The van der Waals surface area contributed by atoms with Crippen LogP contribution in [0.1, 0.15) is 11.3 Å². The number of aryl methyl sites for hydroxylation is 1. The van der Waals surface area contributed by atoms with E-state index in [1.54, 1.807) is 11.9 Å². The first-order valence-corrected chi connectivity index (χ1v) is 8.08. The molecule has 2 aromatic heterocycles. The summed E-state index contributed by atoms with van der Waals surface area (Å²) in [7, 11) is 3.53. The Morgan fingerprint density at radius 1 is 1.28 bits per heavy atom. The number of nitrogens with zero attached hydrogens (tertiary/aromatic N) is 5. The molecule has 1 aromatic carbocycles. The Bertz CT molecular complexity index is 915. The van der Waals surface area contributed by atoms with Gasteiger partial charge in [0.15, 0.2) is 5.69 Å². The number of carbonyl (C=O) groups is 1. The number of hydrogen-bond acceptors (Lipinski definition) is 5. The van der Waals surface area contributed by atoms with Crippen LogP contribution in [0.2, 0.25) is 0 Å². The van der Waals surface area contributed by atoms with Gasteiger partial charge in [0.1, 0.15) is 0 Å². The van der Waals surface area contributed by atoms with Crippen molar-refractivity contribution >= 4 is 6.03 Å². The highest BCUT2D eigenvalue weighted by atomic mass is 16.5. The van der Waals surface area contributed by atoms with Crippen LogP contribution in [0.15, 0.2) is 34.9 Å². The molecule has 4 rings (SSSR count). The van der Waals surface area contributed by atoms with E-state index in [1.165, 1.54) is 0 Å². The normalized spacial score (nSPS) is 13.6. The molecule has 25 heavy (non-hydrogen) atoms. The molecule has 1 aliphatic rings. The van der Waals surface area contributed by atoms with E-state index < -0.39 is 0 Å². The second kappa shape index (κ2) is 6.04. The standard InChI is InChI=1S/C17H18N6O2/c1-18-17(24)23-9-8-13-12(10-23)14(20-22(13)2)16-19-15(21-25-16)11-6-4-3-5-7-11/h3-7H,8-10H2,1-2H3,(H,18,24). The molecule has 0 bridgehead atoms. The number of carbonyl (C=O) groups excluding carboxylic acids is 1. The predicted molar refractivity (Wildman–Crippen MR) is 90.5 cm³/mol. The lowest BCUT2D eigenvalue weighted by Crippen LogP contribution is -2.41. The van der Waals surface area contributed by atoms with Gasteiger partial charge in [0.05, 0.1) is 6.54 Å². The maximum atomic E-state index is 12.0. The van der Waals surface area contributed by atoms with E-state index in [0.29, 0.717) is 30.5 Å². The molecule has 0 radical (unpaired) electrons. The van der Waals surface area contributed by atoms with Crippen LogP contribution in [0.4, 0.5) is 4.79 Å². The highest BCUT2D eigenvalue weighted by Gasteiger charge is 2.29. The molecule has 3 heterocycles. The Kier molecular flexibility index (Phi) is 3.72. The van der Waals surface area contributed by atoms with Crippen LogP contribution in [-0.2, 0) is 20.0 Å². The van der Waals surface area contributed by atoms with Crippen LogP contribution < -0.4 is 5.32 Å². The fourth-order valence-electron chi connectivity index (χ4n) is 3.12. The largest absolute Gasteiger partial charge is 0.341 e. The van der Waals surface area contributed by atoms with Crippen molar-refractivity contribution in [3.8, 4) is 23.0 Å². The van der Waals surface area contributed by atoms with Crippen molar-refractivity contribution in [2.45, 2.75) is 13.0 Å². The Morgan fingerprint density at radius 3 is 2.84 bits per heavy atom. The smallest absolute Gasteiger partial charge is 0.317 e. The average molecular weight is 338 g/mol. The molecule has 8 nitrogen and oxygen atoms in total. The van der Waals surface area contributed by atoms with Gasteiger partial charge in [0.25, 0.3) is 5.89 Å². The van der Waals surface area contributed by atoms with Crippen molar-refractivity contribution in [2.75, 3.05) is 13.6 Å². The summed E-state index contributed by atoms with van der Waals surface area (Å²) in [5.41, 5.74) is 3.57. The molecule has 0 unspecified atom stereocenters. The quantitative estimate of drug-likeness (QED) is 0.770. The first kappa shape index (κ1) is 15.4. The van der Waals surface area contributed by atoms with E-state index in [2.05, 4.69) is 20.6 Å². The monoisotopic (exact) mass is 338 g/mol. The third kappa shape index (κ3) is 2.65. The van der Waals surface area contributed by atoms with Crippen LogP contribution in [0, 0.1) is 0 Å². The van der Waals surface area contributed by atoms with E-state index in [1.807, 2.05) is 42.1 Å². The second-order valence-electron chi connectivity index (χ2n) is 5.91. The van der Waals surface area contributed by atoms with E-state index in [-0.39, 0.29) is 6.03 Å². The maximum Gasteiger partial charge on any atom is 0.317 e. The number of nitrogens with one attached hydrogen (secondary N) is 1. The van der Waals surface area contributed by atoms with Crippen LogP contribution in [0.3, 0.4) is 0 Å². The Morgan fingerprint density at radius 2 is 2.08 bits per heavy atom. The molecule has 128 valence electrons. The van der Waals surface area contributed by atoms with Crippen molar-refractivity contribution in [1.29, 1.82) is 0 Å². The van der Waals surface area contributed by atoms with Gasteiger partial charge < -0.3 is 14.7 Å². The number of urea groups is 1. The summed E-state index contributed by atoms with van der Waals surface area (Å²) < 4.78 is 7.28. The third-order valence-electron chi connectivity index (χ3n) is 4.40. The van der Waals surface area contributed by atoms with Crippen LogP contribution in [-0.4, -0.2) is 44.4 Å². The molecule has 1 N–H and O–H groups in total. The summed E-state index contributed by atoms with van der Waals surface area (Å²) in [5, 5.41) is 11.3. The van der Waals surface area contributed by atoms with Crippen molar-refractivity contribution in [3.05, 3.63) is 41.6 Å². The number of aromatic nitrogens is 4. The van der Waals surface area contributed by atoms with Crippen LogP contribution in [0.5, 0.6) is 0 Å². The Balaban J connectivity index is 1.71. The fraction of sp³-hybridized carbons (Fsp3) is 0.294. The highest BCUT2D eigenvalue weighted by molar-refractivity contribution is 5.74. The topological polar surface area (TPSA) is 89.1 Å². The zero-order chi connectivity index (χ0) is 17.4. The number of rotatable bonds is 2. The highest BCUT2D eigenvalue weighted by Crippen LogP contribution is 2.30. The molecule has 0 fully saturated rings. The zero-order valence-corrected chi connectivity index (χ0v) is 14.1. The van der Waals surface area contributed by atoms with E-state index >= 15 is 0 Å². The zero-order valence-electron chi connectivity index (χ0n) is 14.1. The Labute approximate surface area is 144 Å². The van der Waals surface area contributed by atoms with Gasteiger partial charge >= 0.3 is 6.03 Å². The van der Waals surface area contributed by atoms with Gasteiger partial charge in [-0.1, -0.05) is 35.5 Å². The summed E-state index contributed by atoms with van der Waals surface area (Å²) in [5.74, 6) is 0.892. The molecule has 8 heteroatoms. The average Bonchev–Trinajstić information content (AvgIpc) is 3.26. The minimum Gasteiger partial charge on any atom is -0.341 e. The third-order valence-corrected chi connectivity index (χ3v) is 4.40.